The van der Waals surface area contributed by atoms with E-state index in [-0.39, 0.29) is 5.91 Å². The molecule has 3 aromatic heterocycles. The molecule has 4 heterocycles. The number of nitrogens with one attached hydrogen (secondary N) is 1. The SMILES string of the molecule is CC1Cc2ccccc2N1Cc1occc1C(=O)NCc1ccc(-n2cccn2)nc1. The molecule has 4 aromatic rings. The fraction of sp³-hybridized carbons (Fsp3) is 0.208. The van der Waals surface area contributed by atoms with Crippen molar-refractivity contribution >= 4 is 11.6 Å². The van der Waals surface area contributed by atoms with Gasteiger partial charge in [0, 0.05) is 36.9 Å². The molecule has 1 N–H and O–H groups in total. The molecule has 1 unspecified atom stereocenters. The molecule has 0 radical (unpaired) electrons. The highest BCUT2D eigenvalue weighted by atomic mass is 16.3. The third kappa shape index (κ3) is 3.82. The maximum absolute atomic E-state index is 12.8. The van der Waals surface area contributed by atoms with Gasteiger partial charge in [0.05, 0.1) is 18.4 Å². The minimum atomic E-state index is -0.153. The molecule has 1 aromatic carbocycles. The second-order valence-corrected chi connectivity index (χ2v) is 7.73. The Morgan fingerprint density at radius 1 is 1.19 bits per heavy atom. The summed E-state index contributed by atoms with van der Waals surface area (Å²) in [6.07, 6.45) is 7.87. The minimum absolute atomic E-state index is 0.153. The Morgan fingerprint density at radius 3 is 2.90 bits per heavy atom. The average molecular weight is 413 g/mol. The van der Waals surface area contributed by atoms with Crippen molar-refractivity contribution in [2.75, 3.05) is 4.90 Å². The van der Waals surface area contributed by atoms with Gasteiger partial charge in [-0.3, -0.25) is 4.79 Å². The number of carbonyl (C=O) groups excluding carboxylic acids is 1. The van der Waals surface area contributed by atoms with Crippen LogP contribution in [-0.2, 0) is 19.5 Å². The molecular weight excluding hydrogens is 390 g/mol. The van der Waals surface area contributed by atoms with Gasteiger partial charge in [-0.15, -0.1) is 0 Å². The van der Waals surface area contributed by atoms with E-state index >= 15 is 0 Å². The van der Waals surface area contributed by atoms with Crippen molar-refractivity contribution in [1.82, 2.24) is 20.1 Å². The number of pyridine rings is 1. The van der Waals surface area contributed by atoms with E-state index in [4.69, 9.17) is 4.42 Å². The van der Waals surface area contributed by atoms with E-state index in [1.807, 2.05) is 30.5 Å². The maximum Gasteiger partial charge on any atom is 0.255 e. The summed E-state index contributed by atoms with van der Waals surface area (Å²) >= 11 is 0. The van der Waals surface area contributed by atoms with Gasteiger partial charge in [0.2, 0.25) is 0 Å². The minimum Gasteiger partial charge on any atom is -0.467 e. The average Bonchev–Trinajstić information content (AvgIpc) is 3.54. The van der Waals surface area contributed by atoms with E-state index in [9.17, 15) is 4.79 Å². The van der Waals surface area contributed by atoms with Crippen molar-refractivity contribution in [2.45, 2.75) is 32.5 Å². The van der Waals surface area contributed by atoms with Crippen LogP contribution in [0.1, 0.15) is 34.2 Å². The second-order valence-electron chi connectivity index (χ2n) is 7.73. The van der Waals surface area contributed by atoms with Crippen molar-refractivity contribution in [2.24, 2.45) is 0 Å². The van der Waals surface area contributed by atoms with Crippen LogP contribution in [0.25, 0.3) is 5.82 Å². The molecule has 1 aliphatic rings. The molecular formula is C24H23N5O2. The van der Waals surface area contributed by atoms with Gasteiger partial charge in [-0.25, -0.2) is 9.67 Å². The number of hydrogen-bond donors (Lipinski definition) is 1. The van der Waals surface area contributed by atoms with Crippen LogP contribution in [0, 0.1) is 0 Å². The summed E-state index contributed by atoms with van der Waals surface area (Å²) in [5, 5.41) is 7.14. The predicted octanol–water partition coefficient (Wildman–Crippen LogP) is 3.74. The first-order valence-corrected chi connectivity index (χ1v) is 10.3. The molecule has 1 amide bonds. The number of anilines is 1. The van der Waals surface area contributed by atoms with E-state index in [1.165, 1.54) is 11.3 Å². The molecule has 0 fully saturated rings. The third-order valence-corrected chi connectivity index (χ3v) is 5.65. The highest BCUT2D eigenvalue weighted by Crippen LogP contribution is 2.33. The molecule has 31 heavy (non-hydrogen) atoms. The molecule has 7 heteroatoms. The number of amides is 1. The highest BCUT2D eigenvalue weighted by molar-refractivity contribution is 5.95. The molecule has 7 nitrogen and oxygen atoms in total. The zero-order valence-corrected chi connectivity index (χ0v) is 17.2. The Labute approximate surface area is 180 Å². The zero-order valence-electron chi connectivity index (χ0n) is 17.2. The monoisotopic (exact) mass is 413 g/mol. The van der Waals surface area contributed by atoms with Crippen molar-refractivity contribution in [1.29, 1.82) is 0 Å². The number of benzene rings is 1. The van der Waals surface area contributed by atoms with Gasteiger partial charge in [0.25, 0.3) is 5.91 Å². The van der Waals surface area contributed by atoms with Gasteiger partial charge in [0.15, 0.2) is 5.82 Å². The summed E-state index contributed by atoms with van der Waals surface area (Å²) in [7, 11) is 0. The first-order valence-electron chi connectivity index (χ1n) is 10.3. The van der Waals surface area contributed by atoms with E-state index in [0.29, 0.717) is 30.5 Å². The molecule has 0 spiro atoms. The van der Waals surface area contributed by atoms with E-state index in [0.717, 1.165) is 17.8 Å². The molecule has 0 saturated carbocycles. The number of rotatable bonds is 6. The van der Waals surface area contributed by atoms with Crippen molar-refractivity contribution < 1.29 is 9.21 Å². The number of nitrogens with zero attached hydrogens (tertiary/aromatic N) is 4. The van der Waals surface area contributed by atoms with Crippen LogP contribution in [0.15, 0.2) is 77.8 Å². The lowest BCUT2D eigenvalue weighted by Crippen LogP contribution is -2.30. The molecule has 1 aliphatic heterocycles. The van der Waals surface area contributed by atoms with E-state index in [1.54, 1.807) is 29.4 Å². The first kappa shape index (κ1) is 19.1. The second kappa shape index (κ2) is 8.10. The molecule has 1 atom stereocenters. The Hall–Kier alpha value is -3.87. The van der Waals surface area contributed by atoms with Crippen LogP contribution in [0.5, 0.6) is 0 Å². The normalized spacial score (nSPS) is 15.1. The Morgan fingerprint density at radius 2 is 2.10 bits per heavy atom. The summed E-state index contributed by atoms with van der Waals surface area (Å²) in [5.41, 5.74) is 4.02. The summed E-state index contributed by atoms with van der Waals surface area (Å²) in [6.45, 7) is 3.15. The van der Waals surface area contributed by atoms with Gasteiger partial charge < -0.3 is 14.6 Å². The molecule has 156 valence electrons. The number of hydrogen-bond acceptors (Lipinski definition) is 5. The Bertz CT molecular complexity index is 1180. The van der Waals surface area contributed by atoms with Crippen molar-refractivity contribution in [3.63, 3.8) is 0 Å². The molecule has 0 aliphatic carbocycles. The van der Waals surface area contributed by atoms with Gasteiger partial charge in [-0.05, 0) is 48.7 Å². The van der Waals surface area contributed by atoms with Gasteiger partial charge in [-0.1, -0.05) is 24.3 Å². The van der Waals surface area contributed by atoms with Crippen LogP contribution in [-0.4, -0.2) is 26.7 Å². The van der Waals surface area contributed by atoms with E-state index in [2.05, 4.69) is 45.4 Å². The number of para-hydroxylation sites is 1. The van der Waals surface area contributed by atoms with Crippen LogP contribution in [0.4, 0.5) is 5.69 Å². The predicted molar refractivity (Wildman–Crippen MR) is 117 cm³/mol. The fourth-order valence-electron chi connectivity index (χ4n) is 4.03. The highest BCUT2D eigenvalue weighted by Gasteiger charge is 2.27. The lowest BCUT2D eigenvalue weighted by molar-refractivity contribution is 0.0949. The van der Waals surface area contributed by atoms with Gasteiger partial charge >= 0.3 is 0 Å². The fourth-order valence-corrected chi connectivity index (χ4v) is 4.03. The van der Waals surface area contributed by atoms with Gasteiger partial charge in [0.1, 0.15) is 5.76 Å². The summed E-state index contributed by atoms with van der Waals surface area (Å²) in [4.78, 5) is 19.5. The van der Waals surface area contributed by atoms with Gasteiger partial charge in [-0.2, -0.15) is 5.10 Å². The largest absolute Gasteiger partial charge is 0.467 e. The Balaban J connectivity index is 1.25. The molecule has 5 rings (SSSR count). The van der Waals surface area contributed by atoms with E-state index < -0.39 is 0 Å². The quantitative estimate of drug-likeness (QED) is 0.521. The lowest BCUT2D eigenvalue weighted by atomic mass is 10.1. The molecule has 0 saturated heterocycles. The summed E-state index contributed by atoms with van der Waals surface area (Å²) < 4.78 is 7.39. The van der Waals surface area contributed by atoms with Crippen LogP contribution < -0.4 is 10.2 Å². The number of carbonyl (C=O) groups is 1. The maximum atomic E-state index is 12.8. The first-order chi connectivity index (χ1) is 15.2. The van der Waals surface area contributed by atoms with Crippen molar-refractivity contribution in [3.8, 4) is 5.82 Å². The van der Waals surface area contributed by atoms with Crippen molar-refractivity contribution in [3.05, 3.63) is 95.8 Å². The number of fused-ring (bicyclic) bond motifs is 1. The molecule has 0 bridgehead atoms. The van der Waals surface area contributed by atoms with Crippen LogP contribution in [0.2, 0.25) is 0 Å². The summed E-state index contributed by atoms with van der Waals surface area (Å²) in [5.74, 6) is 1.26. The van der Waals surface area contributed by atoms with Crippen LogP contribution >= 0.6 is 0 Å². The zero-order chi connectivity index (χ0) is 21.2. The lowest BCUT2D eigenvalue weighted by Gasteiger charge is -2.24. The summed E-state index contributed by atoms with van der Waals surface area (Å²) in [6, 6.07) is 16.2. The Kier molecular flexibility index (Phi) is 5.00. The topological polar surface area (TPSA) is 76.2 Å². The number of aromatic nitrogens is 3. The standard InChI is InChI=1S/C24H23N5O2/c1-17-13-19-5-2-3-6-21(19)28(17)16-22-20(9-12-31-22)24(30)26-15-18-7-8-23(25-14-18)29-11-4-10-27-29/h2-12,14,17H,13,15-16H2,1H3,(H,26,30). The van der Waals surface area contributed by atoms with Crippen LogP contribution in [0.3, 0.4) is 0 Å². The third-order valence-electron chi connectivity index (χ3n) is 5.65. The number of furan rings is 1. The smallest absolute Gasteiger partial charge is 0.255 e.